The van der Waals surface area contributed by atoms with Crippen LogP contribution in [0.5, 0.6) is 0 Å². The van der Waals surface area contributed by atoms with Crippen LogP contribution in [0.2, 0.25) is 0 Å². The van der Waals surface area contributed by atoms with Crippen LogP contribution in [0.1, 0.15) is 6.92 Å². The van der Waals surface area contributed by atoms with Crippen LogP contribution in [0.4, 0.5) is 0 Å². The largest absolute Gasteiger partial charge is 0.388 e. The van der Waals surface area contributed by atoms with Crippen molar-refractivity contribution in [1.82, 2.24) is 0 Å². The Bertz CT molecular complexity index is 164. The van der Waals surface area contributed by atoms with Gasteiger partial charge in [0, 0.05) is 0 Å². The Labute approximate surface area is 63.3 Å². The van der Waals surface area contributed by atoms with Crippen molar-refractivity contribution in [3.8, 4) is 0 Å². The number of aliphatic hydroxyl groups is 3. The second-order valence-corrected chi connectivity index (χ2v) is 2.12. The Morgan fingerprint density at radius 3 is 2.00 bits per heavy atom. The van der Waals surface area contributed by atoms with Gasteiger partial charge in [-0.25, -0.2) is 0 Å². The Morgan fingerprint density at radius 1 is 1.27 bits per heavy atom. The van der Waals surface area contributed by atoms with E-state index < -0.39 is 30.4 Å². The number of carbonyl (C=O) groups excluding carboxylic acids is 2. The van der Waals surface area contributed by atoms with Crippen LogP contribution in [0.15, 0.2) is 0 Å². The molecule has 0 heterocycles. The van der Waals surface area contributed by atoms with Gasteiger partial charge in [0.2, 0.25) is 0 Å². The highest BCUT2D eigenvalue weighted by Crippen LogP contribution is 1.95. The fourth-order valence-corrected chi connectivity index (χ4v) is 0.492. The zero-order chi connectivity index (χ0) is 9.02. The molecule has 0 aromatic heterocycles. The van der Waals surface area contributed by atoms with E-state index >= 15 is 0 Å². The predicted octanol–water partition coefficient (Wildman–Crippen LogP) is -2.14. The lowest BCUT2D eigenvalue weighted by molar-refractivity contribution is -0.143. The average molecular weight is 162 g/mol. The van der Waals surface area contributed by atoms with E-state index in [1.54, 1.807) is 0 Å². The second kappa shape index (κ2) is 4.17. The van der Waals surface area contributed by atoms with Crippen LogP contribution in [-0.4, -0.2) is 45.7 Å². The van der Waals surface area contributed by atoms with Crippen molar-refractivity contribution in [3.63, 3.8) is 0 Å². The lowest BCUT2D eigenvalue weighted by Gasteiger charge is -2.11. The predicted molar refractivity (Wildman–Crippen MR) is 34.8 cm³/mol. The summed E-state index contributed by atoms with van der Waals surface area (Å²) < 4.78 is 0. The van der Waals surface area contributed by atoms with Gasteiger partial charge in [0.05, 0.1) is 0 Å². The first-order valence-corrected chi connectivity index (χ1v) is 3.01. The Kier molecular flexibility index (Phi) is 3.88. The minimum absolute atomic E-state index is 0.709. The highest BCUT2D eigenvalue weighted by molar-refractivity contribution is 5.92. The fourth-order valence-electron chi connectivity index (χ4n) is 0.492. The molecule has 0 aliphatic heterocycles. The molecule has 64 valence electrons. The SMILES string of the molecule is CC(=O)[C@H](O)[C@H](O)C(=O)CO. The average Bonchev–Trinajstić information content (AvgIpc) is 2.00. The van der Waals surface area contributed by atoms with Gasteiger partial charge < -0.3 is 15.3 Å². The summed E-state index contributed by atoms with van der Waals surface area (Å²) in [4.78, 5) is 20.8. The molecule has 5 nitrogen and oxygen atoms in total. The van der Waals surface area contributed by atoms with E-state index in [0.717, 1.165) is 6.92 Å². The molecule has 11 heavy (non-hydrogen) atoms. The minimum Gasteiger partial charge on any atom is -0.388 e. The standard InChI is InChI=1S/C6H10O5/c1-3(8)5(10)6(11)4(9)2-7/h5-7,10-11H,2H2,1H3/t5-,6+/m0/s1. The van der Waals surface area contributed by atoms with Crippen LogP contribution in [0.3, 0.4) is 0 Å². The van der Waals surface area contributed by atoms with Crippen molar-refractivity contribution < 1.29 is 24.9 Å². The van der Waals surface area contributed by atoms with Gasteiger partial charge in [-0.15, -0.1) is 0 Å². The third kappa shape index (κ3) is 2.75. The molecule has 0 bridgehead atoms. The molecule has 0 aromatic carbocycles. The number of ketones is 2. The highest BCUT2D eigenvalue weighted by Gasteiger charge is 2.26. The van der Waals surface area contributed by atoms with Crippen LogP contribution in [-0.2, 0) is 9.59 Å². The van der Waals surface area contributed by atoms with E-state index in [1.807, 2.05) is 0 Å². The molecule has 0 saturated carbocycles. The first-order chi connectivity index (χ1) is 5.00. The molecule has 0 saturated heterocycles. The molecule has 2 atom stereocenters. The summed E-state index contributed by atoms with van der Waals surface area (Å²) in [5.74, 6) is -1.67. The third-order valence-corrected chi connectivity index (χ3v) is 1.20. The van der Waals surface area contributed by atoms with Crippen molar-refractivity contribution in [1.29, 1.82) is 0 Å². The van der Waals surface area contributed by atoms with E-state index in [1.165, 1.54) is 0 Å². The molecule has 0 rings (SSSR count). The van der Waals surface area contributed by atoms with E-state index in [9.17, 15) is 9.59 Å². The Morgan fingerprint density at radius 2 is 1.73 bits per heavy atom. The number of Topliss-reactive ketones (excluding diaryl/α,β-unsaturated/α-hetero) is 2. The Hall–Kier alpha value is -0.780. The number of aliphatic hydroxyl groups excluding tert-OH is 3. The van der Waals surface area contributed by atoms with Gasteiger partial charge in [-0.2, -0.15) is 0 Å². The number of rotatable bonds is 4. The topological polar surface area (TPSA) is 94.8 Å². The van der Waals surface area contributed by atoms with Crippen molar-refractivity contribution in [2.45, 2.75) is 19.1 Å². The van der Waals surface area contributed by atoms with Crippen LogP contribution in [0.25, 0.3) is 0 Å². The number of hydrogen-bond donors (Lipinski definition) is 3. The quantitative estimate of drug-likeness (QED) is 0.438. The summed E-state index contributed by atoms with van der Waals surface area (Å²) in [5.41, 5.74) is 0. The zero-order valence-electron chi connectivity index (χ0n) is 6.02. The zero-order valence-corrected chi connectivity index (χ0v) is 6.02. The molecule has 0 unspecified atom stereocenters. The van der Waals surface area contributed by atoms with Crippen LogP contribution < -0.4 is 0 Å². The highest BCUT2D eigenvalue weighted by atomic mass is 16.3. The number of carbonyl (C=O) groups is 2. The van der Waals surface area contributed by atoms with Crippen LogP contribution in [0, 0.1) is 0 Å². The van der Waals surface area contributed by atoms with Gasteiger partial charge in [-0.05, 0) is 6.92 Å². The van der Waals surface area contributed by atoms with Crippen molar-refractivity contribution in [2.75, 3.05) is 6.61 Å². The third-order valence-electron chi connectivity index (χ3n) is 1.20. The van der Waals surface area contributed by atoms with Gasteiger partial charge >= 0.3 is 0 Å². The molecule has 0 spiro atoms. The summed E-state index contributed by atoms with van der Waals surface area (Å²) in [6.07, 6.45) is -3.54. The first kappa shape index (κ1) is 10.2. The summed E-state index contributed by atoms with van der Waals surface area (Å²) in [6.45, 7) is 0.157. The van der Waals surface area contributed by atoms with Crippen molar-refractivity contribution >= 4 is 11.6 Å². The van der Waals surface area contributed by atoms with Gasteiger partial charge in [-0.1, -0.05) is 0 Å². The van der Waals surface area contributed by atoms with Gasteiger partial charge in [-0.3, -0.25) is 9.59 Å². The monoisotopic (exact) mass is 162 g/mol. The summed E-state index contributed by atoms with van der Waals surface area (Å²) >= 11 is 0. The molecular formula is C6H10O5. The molecule has 0 aliphatic rings. The lowest BCUT2D eigenvalue weighted by atomic mass is 10.1. The number of hydrogen-bond acceptors (Lipinski definition) is 5. The molecule has 3 N–H and O–H groups in total. The summed E-state index contributed by atoms with van der Waals surface area (Å²) in [6, 6.07) is 0. The van der Waals surface area contributed by atoms with Gasteiger partial charge in [0.1, 0.15) is 18.8 Å². The minimum atomic E-state index is -1.81. The molecule has 5 heteroatoms. The molecule has 0 radical (unpaired) electrons. The summed E-state index contributed by atoms with van der Waals surface area (Å²) in [5, 5.41) is 25.7. The van der Waals surface area contributed by atoms with E-state index in [2.05, 4.69) is 0 Å². The maximum absolute atomic E-state index is 10.4. The van der Waals surface area contributed by atoms with E-state index in [0.29, 0.717) is 0 Å². The smallest absolute Gasteiger partial charge is 0.189 e. The van der Waals surface area contributed by atoms with Crippen LogP contribution >= 0.6 is 0 Å². The lowest BCUT2D eigenvalue weighted by Crippen LogP contribution is -2.39. The van der Waals surface area contributed by atoms with Gasteiger partial charge in [0.25, 0.3) is 0 Å². The maximum Gasteiger partial charge on any atom is 0.189 e. The van der Waals surface area contributed by atoms with Gasteiger partial charge in [0.15, 0.2) is 11.6 Å². The first-order valence-electron chi connectivity index (χ1n) is 3.01. The van der Waals surface area contributed by atoms with Crippen molar-refractivity contribution in [3.05, 3.63) is 0 Å². The normalized spacial score (nSPS) is 15.6. The second-order valence-electron chi connectivity index (χ2n) is 2.12. The molecular weight excluding hydrogens is 152 g/mol. The Balaban J connectivity index is 4.12. The molecule has 0 amide bonds. The molecule has 0 aliphatic carbocycles. The van der Waals surface area contributed by atoms with Crippen molar-refractivity contribution in [2.24, 2.45) is 0 Å². The fraction of sp³-hybridized carbons (Fsp3) is 0.667. The maximum atomic E-state index is 10.4. The van der Waals surface area contributed by atoms with E-state index in [4.69, 9.17) is 15.3 Å². The summed E-state index contributed by atoms with van der Waals surface area (Å²) in [7, 11) is 0. The molecule has 0 fully saturated rings. The van der Waals surface area contributed by atoms with E-state index in [-0.39, 0.29) is 0 Å². The molecule has 0 aromatic rings.